The number of amides is 1. The summed E-state index contributed by atoms with van der Waals surface area (Å²) >= 11 is 0. The van der Waals surface area contributed by atoms with Gasteiger partial charge in [0.1, 0.15) is 0 Å². The Morgan fingerprint density at radius 2 is 2.35 bits per heavy atom. The van der Waals surface area contributed by atoms with Gasteiger partial charge in [-0.1, -0.05) is 0 Å². The summed E-state index contributed by atoms with van der Waals surface area (Å²) in [6.45, 7) is 2.99. The van der Waals surface area contributed by atoms with E-state index in [2.05, 4.69) is 20.4 Å². The third kappa shape index (κ3) is 3.98. The number of aliphatic hydroxyl groups is 1. The van der Waals surface area contributed by atoms with E-state index >= 15 is 0 Å². The second kappa shape index (κ2) is 6.95. The first-order valence-electron chi connectivity index (χ1n) is 8.06. The molecular weight excluding hydrogens is 294 g/mol. The molecule has 0 aliphatic carbocycles. The zero-order chi connectivity index (χ0) is 16.2. The molecule has 3 N–H and O–H groups in total. The smallest absolute Gasteiger partial charge is 0.222 e. The lowest BCUT2D eigenvalue weighted by atomic mass is 10.0. The maximum atomic E-state index is 12.3. The quantitative estimate of drug-likeness (QED) is 0.735. The average molecular weight is 317 g/mol. The molecule has 2 atom stereocenters. The van der Waals surface area contributed by atoms with Gasteiger partial charge in [0.15, 0.2) is 0 Å². The van der Waals surface area contributed by atoms with Crippen LogP contribution in [0.15, 0.2) is 18.5 Å². The highest BCUT2D eigenvalue weighted by Gasteiger charge is 2.34. The zero-order valence-corrected chi connectivity index (χ0v) is 13.3. The molecule has 0 unspecified atom stereocenters. The van der Waals surface area contributed by atoms with Gasteiger partial charge in [-0.2, -0.15) is 10.2 Å². The number of carbonyl (C=O) groups is 1. The third-order valence-electron chi connectivity index (χ3n) is 4.40. The number of hydrogen-bond acceptors (Lipinski definition) is 4. The van der Waals surface area contributed by atoms with E-state index < -0.39 is 6.10 Å². The number of aromatic amines is 2. The predicted octanol–water partition coefficient (Wildman–Crippen LogP) is 0.826. The minimum absolute atomic E-state index is 0.0653. The van der Waals surface area contributed by atoms with Crippen LogP contribution in [0.2, 0.25) is 0 Å². The number of nitrogens with zero attached hydrogens (tertiary/aromatic N) is 3. The number of H-pyrrole nitrogens is 2. The fraction of sp³-hybridized carbons (Fsp3) is 0.562. The summed E-state index contributed by atoms with van der Waals surface area (Å²) in [5.41, 5.74) is 3.08. The van der Waals surface area contributed by atoms with Crippen molar-refractivity contribution in [2.45, 2.75) is 38.7 Å². The van der Waals surface area contributed by atoms with E-state index in [0.717, 1.165) is 29.8 Å². The Balaban J connectivity index is 1.46. The SMILES string of the molecule is Cc1cc(C[C@@H]2CN(C(=O)CCCc3cn[nH]c3)C[C@@H]2O)n[nH]1. The molecular formula is C16H23N5O2. The molecule has 2 aromatic heterocycles. The van der Waals surface area contributed by atoms with Crippen molar-refractivity contribution in [1.29, 1.82) is 0 Å². The number of rotatable bonds is 6. The number of aromatic nitrogens is 4. The van der Waals surface area contributed by atoms with E-state index in [1.54, 1.807) is 11.1 Å². The Labute approximate surface area is 135 Å². The minimum Gasteiger partial charge on any atom is -0.391 e. The van der Waals surface area contributed by atoms with Crippen LogP contribution in [-0.2, 0) is 17.6 Å². The summed E-state index contributed by atoms with van der Waals surface area (Å²) in [6.07, 6.45) is 6.02. The first-order chi connectivity index (χ1) is 11.1. The molecule has 7 heteroatoms. The molecule has 1 saturated heterocycles. The lowest BCUT2D eigenvalue weighted by Crippen LogP contribution is -2.29. The van der Waals surface area contributed by atoms with Crippen LogP contribution in [0.5, 0.6) is 0 Å². The summed E-state index contributed by atoms with van der Waals surface area (Å²) in [5, 5.41) is 24.0. The fourth-order valence-corrected chi connectivity index (χ4v) is 3.12. The van der Waals surface area contributed by atoms with Crippen LogP contribution in [0.1, 0.15) is 29.8 Å². The molecule has 0 aromatic carbocycles. The Morgan fingerprint density at radius 3 is 3.04 bits per heavy atom. The second-order valence-electron chi connectivity index (χ2n) is 6.33. The summed E-state index contributed by atoms with van der Waals surface area (Å²) in [7, 11) is 0. The van der Waals surface area contributed by atoms with Gasteiger partial charge in [-0.05, 0) is 37.8 Å². The first kappa shape index (κ1) is 15.7. The Hall–Kier alpha value is -2.15. The Bertz CT molecular complexity index is 637. The van der Waals surface area contributed by atoms with Crippen molar-refractivity contribution in [3.8, 4) is 0 Å². The van der Waals surface area contributed by atoms with E-state index in [-0.39, 0.29) is 11.8 Å². The number of likely N-dealkylation sites (tertiary alicyclic amines) is 1. The monoisotopic (exact) mass is 317 g/mol. The Kier molecular flexibility index (Phi) is 4.76. The van der Waals surface area contributed by atoms with Crippen molar-refractivity contribution < 1.29 is 9.90 Å². The Morgan fingerprint density at radius 1 is 1.48 bits per heavy atom. The summed E-state index contributed by atoms with van der Waals surface area (Å²) in [6, 6.07) is 1.99. The van der Waals surface area contributed by atoms with Crippen molar-refractivity contribution in [2.24, 2.45) is 5.92 Å². The standard InChI is InChI=1S/C16H23N5O2/c1-11-5-14(20-19-11)6-13-9-21(10-15(13)22)16(23)4-2-3-12-7-17-18-8-12/h5,7-8,13,15,22H,2-4,6,9-10H2,1H3,(H,17,18)(H,19,20)/t13-,15+/m1/s1. The number of aliphatic hydroxyl groups excluding tert-OH is 1. The van der Waals surface area contributed by atoms with Crippen LogP contribution < -0.4 is 0 Å². The summed E-state index contributed by atoms with van der Waals surface area (Å²) in [5.74, 6) is 0.184. The van der Waals surface area contributed by atoms with Gasteiger partial charge in [0.05, 0.1) is 18.0 Å². The van der Waals surface area contributed by atoms with Gasteiger partial charge in [-0.25, -0.2) is 0 Å². The highest BCUT2D eigenvalue weighted by Crippen LogP contribution is 2.22. The molecule has 0 spiro atoms. The van der Waals surface area contributed by atoms with Gasteiger partial charge in [-0.15, -0.1) is 0 Å². The molecule has 1 aliphatic rings. The van der Waals surface area contributed by atoms with E-state index in [1.807, 2.05) is 19.2 Å². The second-order valence-corrected chi connectivity index (χ2v) is 6.33. The van der Waals surface area contributed by atoms with Gasteiger partial charge in [0.2, 0.25) is 5.91 Å². The van der Waals surface area contributed by atoms with Crippen molar-refractivity contribution in [1.82, 2.24) is 25.3 Å². The maximum absolute atomic E-state index is 12.3. The van der Waals surface area contributed by atoms with E-state index in [0.29, 0.717) is 25.9 Å². The van der Waals surface area contributed by atoms with Gasteiger partial charge >= 0.3 is 0 Å². The topological polar surface area (TPSA) is 97.9 Å². The van der Waals surface area contributed by atoms with Gasteiger partial charge < -0.3 is 10.0 Å². The number of aryl methyl sites for hydroxylation is 2. The van der Waals surface area contributed by atoms with Crippen molar-refractivity contribution in [2.75, 3.05) is 13.1 Å². The van der Waals surface area contributed by atoms with Crippen molar-refractivity contribution in [3.63, 3.8) is 0 Å². The maximum Gasteiger partial charge on any atom is 0.222 e. The molecule has 7 nitrogen and oxygen atoms in total. The lowest BCUT2D eigenvalue weighted by molar-refractivity contribution is -0.130. The normalized spacial score (nSPS) is 21.0. The third-order valence-corrected chi connectivity index (χ3v) is 4.40. The fourth-order valence-electron chi connectivity index (χ4n) is 3.12. The van der Waals surface area contributed by atoms with Crippen molar-refractivity contribution in [3.05, 3.63) is 35.4 Å². The van der Waals surface area contributed by atoms with Crippen LogP contribution in [0.4, 0.5) is 0 Å². The van der Waals surface area contributed by atoms with Gasteiger partial charge in [-0.3, -0.25) is 15.0 Å². The first-order valence-corrected chi connectivity index (χ1v) is 8.06. The summed E-state index contributed by atoms with van der Waals surface area (Å²) < 4.78 is 0. The number of nitrogens with one attached hydrogen (secondary N) is 2. The van der Waals surface area contributed by atoms with Crippen LogP contribution in [0, 0.1) is 12.8 Å². The lowest BCUT2D eigenvalue weighted by Gasteiger charge is -2.15. The minimum atomic E-state index is -0.468. The summed E-state index contributed by atoms with van der Waals surface area (Å²) in [4.78, 5) is 14.1. The predicted molar refractivity (Wildman–Crippen MR) is 84.6 cm³/mol. The molecule has 3 rings (SSSR count). The van der Waals surface area contributed by atoms with Crippen LogP contribution >= 0.6 is 0 Å². The number of carbonyl (C=O) groups excluding carboxylic acids is 1. The highest BCUT2D eigenvalue weighted by molar-refractivity contribution is 5.76. The molecule has 124 valence electrons. The molecule has 0 saturated carbocycles. The molecule has 1 aliphatic heterocycles. The van der Waals surface area contributed by atoms with Gasteiger partial charge in [0, 0.05) is 37.3 Å². The molecule has 1 amide bonds. The molecule has 3 heterocycles. The largest absolute Gasteiger partial charge is 0.391 e. The zero-order valence-electron chi connectivity index (χ0n) is 13.3. The molecule has 1 fully saturated rings. The van der Waals surface area contributed by atoms with Gasteiger partial charge in [0.25, 0.3) is 0 Å². The molecule has 2 aromatic rings. The number of β-amino-alcohol motifs (C(OH)–C–C–N with tert-alkyl or cyclic N) is 1. The van der Waals surface area contributed by atoms with E-state index in [4.69, 9.17) is 0 Å². The number of hydrogen-bond donors (Lipinski definition) is 3. The average Bonchev–Trinajstić information content (AvgIpc) is 3.23. The van der Waals surface area contributed by atoms with E-state index in [9.17, 15) is 9.90 Å². The molecule has 23 heavy (non-hydrogen) atoms. The van der Waals surface area contributed by atoms with Crippen molar-refractivity contribution >= 4 is 5.91 Å². The van der Waals surface area contributed by atoms with Crippen LogP contribution in [-0.4, -0.2) is 55.5 Å². The molecule has 0 radical (unpaired) electrons. The van der Waals surface area contributed by atoms with Crippen LogP contribution in [0.25, 0.3) is 0 Å². The molecule has 0 bridgehead atoms. The van der Waals surface area contributed by atoms with E-state index in [1.165, 1.54) is 0 Å². The highest BCUT2D eigenvalue weighted by atomic mass is 16.3. The van der Waals surface area contributed by atoms with Crippen LogP contribution in [0.3, 0.4) is 0 Å².